The molecule has 1 N–H and O–H groups in total. The number of carbonyl (C=O) groups is 3. The number of rotatable bonds is 2. The molecule has 2 amide bonds. The first-order chi connectivity index (χ1) is 13.0. The highest BCUT2D eigenvalue weighted by Crippen LogP contribution is 2.37. The Kier molecular flexibility index (Phi) is 4.08. The molecule has 0 saturated carbocycles. The minimum absolute atomic E-state index is 0.120. The van der Waals surface area contributed by atoms with E-state index in [9.17, 15) is 14.4 Å². The Morgan fingerprint density at radius 2 is 1.89 bits per heavy atom. The number of nitrogens with one attached hydrogen (secondary N) is 1. The zero-order valence-corrected chi connectivity index (χ0v) is 15.2. The van der Waals surface area contributed by atoms with Gasteiger partial charge < -0.3 is 5.32 Å². The van der Waals surface area contributed by atoms with Crippen LogP contribution in [0.15, 0.2) is 67.0 Å². The standard InChI is InChI=1S/C20H15N3O3S/c1-12-5-3-6-14(11-12)21-19(25)22-10-9-15-16(22)7-4-8-17(15)23-13(2)18(24)27-20(23)26/h3-11H,2H2,1H3,(H,21,25). The van der Waals surface area contributed by atoms with Crippen molar-refractivity contribution in [2.75, 3.05) is 10.2 Å². The summed E-state index contributed by atoms with van der Waals surface area (Å²) in [5.74, 6) is 0. The van der Waals surface area contributed by atoms with Gasteiger partial charge in [0.1, 0.15) is 0 Å². The van der Waals surface area contributed by atoms with Crippen molar-refractivity contribution in [2.24, 2.45) is 0 Å². The van der Waals surface area contributed by atoms with Gasteiger partial charge in [0.25, 0.3) is 5.24 Å². The van der Waals surface area contributed by atoms with Crippen molar-refractivity contribution < 1.29 is 14.4 Å². The highest BCUT2D eigenvalue weighted by Gasteiger charge is 2.35. The fourth-order valence-corrected chi connectivity index (χ4v) is 3.73. The van der Waals surface area contributed by atoms with Crippen molar-refractivity contribution in [3.63, 3.8) is 0 Å². The van der Waals surface area contributed by atoms with Crippen molar-refractivity contribution >= 4 is 50.4 Å². The Morgan fingerprint density at radius 3 is 2.59 bits per heavy atom. The van der Waals surface area contributed by atoms with Gasteiger partial charge >= 0.3 is 6.03 Å². The zero-order valence-electron chi connectivity index (χ0n) is 14.4. The van der Waals surface area contributed by atoms with E-state index in [1.54, 1.807) is 30.5 Å². The normalized spacial score (nSPS) is 14.3. The summed E-state index contributed by atoms with van der Waals surface area (Å²) in [4.78, 5) is 38.0. The van der Waals surface area contributed by atoms with Crippen molar-refractivity contribution in [3.8, 4) is 0 Å². The number of hydrogen-bond acceptors (Lipinski definition) is 4. The quantitative estimate of drug-likeness (QED) is 0.655. The monoisotopic (exact) mass is 377 g/mol. The van der Waals surface area contributed by atoms with Crippen LogP contribution in [0.3, 0.4) is 0 Å². The largest absolute Gasteiger partial charge is 0.330 e. The van der Waals surface area contributed by atoms with Crippen LogP contribution in [-0.4, -0.2) is 21.0 Å². The van der Waals surface area contributed by atoms with Crippen LogP contribution in [0.1, 0.15) is 5.56 Å². The van der Waals surface area contributed by atoms with E-state index in [1.807, 2.05) is 31.2 Å². The van der Waals surface area contributed by atoms with Gasteiger partial charge in [-0.2, -0.15) is 0 Å². The van der Waals surface area contributed by atoms with E-state index in [0.29, 0.717) is 34.0 Å². The Morgan fingerprint density at radius 1 is 1.11 bits per heavy atom. The van der Waals surface area contributed by atoms with E-state index in [0.717, 1.165) is 5.56 Å². The first-order valence-electron chi connectivity index (χ1n) is 8.19. The Hall–Kier alpha value is -3.32. The minimum Gasteiger partial charge on any atom is -0.307 e. The van der Waals surface area contributed by atoms with Gasteiger partial charge in [-0.3, -0.25) is 19.1 Å². The van der Waals surface area contributed by atoms with Crippen molar-refractivity contribution in [1.29, 1.82) is 0 Å². The molecule has 0 bridgehead atoms. The smallest absolute Gasteiger partial charge is 0.307 e. The van der Waals surface area contributed by atoms with E-state index < -0.39 is 5.24 Å². The highest BCUT2D eigenvalue weighted by atomic mass is 32.2. The maximum absolute atomic E-state index is 12.7. The molecule has 0 aliphatic carbocycles. The summed E-state index contributed by atoms with van der Waals surface area (Å²) in [7, 11) is 0. The third-order valence-electron chi connectivity index (χ3n) is 4.31. The molecule has 1 aliphatic heterocycles. The molecule has 0 radical (unpaired) electrons. The fourth-order valence-electron chi connectivity index (χ4n) is 3.06. The number of benzene rings is 2. The maximum Gasteiger partial charge on any atom is 0.330 e. The zero-order chi connectivity index (χ0) is 19.1. The predicted molar refractivity (Wildman–Crippen MR) is 107 cm³/mol. The van der Waals surface area contributed by atoms with E-state index in [1.165, 1.54) is 9.47 Å². The summed E-state index contributed by atoms with van der Waals surface area (Å²) in [5, 5.41) is 2.78. The molecular weight excluding hydrogens is 362 g/mol. The average molecular weight is 377 g/mol. The first kappa shape index (κ1) is 17.1. The fraction of sp³-hybridized carbons (Fsp3) is 0.0500. The summed E-state index contributed by atoms with van der Waals surface area (Å²) in [5.41, 5.74) is 3.02. The minimum atomic E-state index is -0.394. The molecule has 1 aliphatic rings. The molecule has 0 spiro atoms. The number of thioether (sulfide) groups is 1. The molecule has 2 aromatic carbocycles. The average Bonchev–Trinajstić information content (AvgIpc) is 3.16. The van der Waals surface area contributed by atoms with Gasteiger partial charge in [0.15, 0.2) is 0 Å². The third-order valence-corrected chi connectivity index (χ3v) is 5.09. The molecule has 6 nitrogen and oxygen atoms in total. The molecule has 1 aromatic heterocycles. The maximum atomic E-state index is 12.7. The highest BCUT2D eigenvalue weighted by molar-refractivity contribution is 8.27. The van der Waals surface area contributed by atoms with Gasteiger partial charge in [-0.05, 0) is 42.8 Å². The Bertz CT molecular complexity index is 1130. The van der Waals surface area contributed by atoms with Crippen LogP contribution in [-0.2, 0) is 4.79 Å². The summed E-state index contributed by atoms with van der Waals surface area (Å²) in [6.07, 6.45) is 1.64. The first-order valence-corrected chi connectivity index (χ1v) is 9.00. The summed E-state index contributed by atoms with van der Waals surface area (Å²) >= 11 is 0.619. The van der Waals surface area contributed by atoms with Crippen LogP contribution in [0.5, 0.6) is 0 Å². The lowest BCUT2D eigenvalue weighted by Crippen LogP contribution is -2.21. The van der Waals surface area contributed by atoms with Gasteiger partial charge in [0.05, 0.1) is 16.9 Å². The number of amides is 2. The Balaban J connectivity index is 1.72. The Labute approximate surface area is 159 Å². The molecule has 0 atom stereocenters. The molecule has 27 heavy (non-hydrogen) atoms. The summed E-state index contributed by atoms with van der Waals surface area (Å²) < 4.78 is 1.47. The van der Waals surface area contributed by atoms with E-state index in [2.05, 4.69) is 11.9 Å². The number of aromatic nitrogens is 1. The van der Waals surface area contributed by atoms with E-state index >= 15 is 0 Å². The summed E-state index contributed by atoms with van der Waals surface area (Å²) in [6.45, 7) is 5.66. The lowest BCUT2D eigenvalue weighted by molar-refractivity contribution is -0.107. The molecule has 2 heterocycles. The topological polar surface area (TPSA) is 71.4 Å². The molecule has 4 rings (SSSR count). The van der Waals surface area contributed by atoms with Crippen LogP contribution < -0.4 is 10.2 Å². The number of aryl methyl sites for hydroxylation is 1. The number of fused-ring (bicyclic) bond motifs is 1. The van der Waals surface area contributed by atoms with Gasteiger partial charge in [0, 0.05) is 29.0 Å². The number of anilines is 2. The molecular formula is C20H15N3O3S. The van der Waals surface area contributed by atoms with Gasteiger partial charge in [0.2, 0.25) is 5.12 Å². The number of carbonyl (C=O) groups excluding carboxylic acids is 3. The third kappa shape index (κ3) is 2.92. The van der Waals surface area contributed by atoms with E-state index in [-0.39, 0.29) is 16.8 Å². The van der Waals surface area contributed by atoms with Crippen molar-refractivity contribution in [2.45, 2.75) is 6.92 Å². The molecule has 1 saturated heterocycles. The predicted octanol–water partition coefficient (Wildman–Crippen LogP) is 4.74. The second kappa shape index (κ2) is 6.44. The van der Waals surface area contributed by atoms with Crippen LogP contribution in [0.2, 0.25) is 0 Å². The summed E-state index contributed by atoms with van der Waals surface area (Å²) in [6, 6.07) is 14.2. The van der Waals surface area contributed by atoms with Crippen LogP contribution in [0, 0.1) is 6.92 Å². The molecule has 0 unspecified atom stereocenters. The molecule has 1 fully saturated rings. The van der Waals surface area contributed by atoms with Gasteiger partial charge in [-0.25, -0.2) is 4.79 Å². The number of hydrogen-bond donors (Lipinski definition) is 1. The SMILES string of the molecule is C=C1C(=O)SC(=O)N1c1cccc2c1ccn2C(=O)Nc1cccc(C)c1. The van der Waals surface area contributed by atoms with E-state index in [4.69, 9.17) is 0 Å². The second-order valence-corrected chi connectivity index (χ2v) is 7.06. The van der Waals surface area contributed by atoms with Crippen LogP contribution in [0.25, 0.3) is 10.9 Å². The van der Waals surface area contributed by atoms with Gasteiger partial charge in [-0.15, -0.1) is 0 Å². The van der Waals surface area contributed by atoms with Crippen molar-refractivity contribution in [1.82, 2.24) is 4.57 Å². The van der Waals surface area contributed by atoms with Crippen LogP contribution >= 0.6 is 11.8 Å². The van der Waals surface area contributed by atoms with Crippen LogP contribution in [0.4, 0.5) is 21.0 Å². The lowest BCUT2D eigenvalue weighted by atomic mass is 10.2. The molecule has 134 valence electrons. The molecule has 7 heteroatoms. The van der Waals surface area contributed by atoms with Gasteiger partial charge in [-0.1, -0.05) is 24.8 Å². The molecule has 3 aromatic rings. The van der Waals surface area contributed by atoms with Crippen molar-refractivity contribution in [3.05, 3.63) is 72.6 Å². The second-order valence-electron chi connectivity index (χ2n) is 6.13. The lowest BCUT2D eigenvalue weighted by Gasteiger charge is -2.16. The number of nitrogens with zero attached hydrogens (tertiary/aromatic N) is 2.